The van der Waals surface area contributed by atoms with Crippen molar-refractivity contribution in [2.24, 2.45) is 0 Å². The number of hydrogen-bond acceptors (Lipinski definition) is 3. The van der Waals surface area contributed by atoms with Crippen LogP contribution in [0.4, 0.5) is 0 Å². The first-order chi connectivity index (χ1) is 6.48. The molecule has 4 nitrogen and oxygen atoms in total. The number of halogens is 1. The number of fused-ring (bicyclic) bond motifs is 1. The Morgan fingerprint density at radius 3 is 2.79 bits per heavy atom. The molecular formula is C8H7BrO4S. The monoisotopic (exact) mass is 278 g/mol. The fourth-order valence-electron chi connectivity index (χ4n) is 1.43. The largest absolute Gasteiger partial charge is 0.491 e. The highest BCUT2D eigenvalue weighted by Gasteiger charge is 2.24. The van der Waals surface area contributed by atoms with Gasteiger partial charge < -0.3 is 4.74 Å². The first-order valence-electron chi connectivity index (χ1n) is 3.91. The van der Waals surface area contributed by atoms with E-state index in [1.165, 1.54) is 6.07 Å². The van der Waals surface area contributed by atoms with Crippen LogP contribution in [0.5, 0.6) is 5.75 Å². The molecule has 0 unspecified atom stereocenters. The topological polar surface area (TPSA) is 63.6 Å². The van der Waals surface area contributed by atoms with E-state index in [2.05, 4.69) is 15.9 Å². The number of benzene rings is 1. The summed E-state index contributed by atoms with van der Waals surface area (Å²) in [6.45, 7) is 0.453. The Labute approximate surface area is 89.8 Å². The van der Waals surface area contributed by atoms with Crippen LogP contribution in [-0.4, -0.2) is 19.6 Å². The van der Waals surface area contributed by atoms with Gasteiger partial charge in [-0.25, -0.2) is 0 Å². The standard InChI is InChI=1S/C8H7BrO4S/c9-6-3-5-1-2-13-8(5)7(4-6)14(10,11)12/h3-4H,1-2H2,(H,10,11,12). The molecule has 1 heterocycles. The number of hydrogen-bond donors (Lipinski definition) is 1. The maximum atomic E-state index is 11.0. The number of rotatable bonds is 1. The Bertz CT molecular complexity index is 480. The fourth-order valence-corrected chi connectivity index (χ4v) is 2.78. The van der Waals surface area contributed by atoms with E-state index < -0.39 is 10.1 Å². The van der Waals surface area contributed by atoms with Crippen molar-refractivity contribution in [3.05, 3.63) is 22.2 Å². The Hall–Kier alpha value is -0.590. The van der Waals surface area contributed by atoms with Gasteiger partial charge in [-0.15, -0.1) is 0 Å². The van der Waals surface area contributed by atoms with Crippen LogP contribution in [0.2, 0.25) is 0 Å². The molecule has 76 valence electrons. The lowest BCUT2D eigenvalue weighted by molar-refractivity contribution is 0.346. The van der Waals surface area contributed by atoms with Crippen LogP contribution in [0.15, 0.2) is 21.5 Å². The van der Waals surface area contributed by atoms with Gasteiger partial charge in [-0.2, -0.15) is 8.42 Å². The van der Waals surface area contributed by atoms with Crippen LogP contribution < -0.4 is 4.74 Å². The molecule has 0 radical (unpaired) electrons. The molecule has 0 amide bonds. The minimum Gasteiger partial charge on any atom is -0.491 e. The molecule has 0 saturated carbocycles. The van der Waals surface area contributed by atoms with Crippen molar-refractivity contribution >= 4 is 26.0 Å². The van der Waals surface area contributed by atoms with Crippen molar-refractivity contribution in [1.82, 2.24) is 0 Å². The van der Waals surface area contributed by atoms with Gasteiger partial charge in [-0.1, -0.05) is 15.9 Å². The summed E-state index contributed by atoms with van der Waals surface area (Å²) in [5.41, 5.74) is 0.798. The SMILES string of the molecule is O=S(=O)(O)c1cc(Br)cc2c1OCC2. The Kier molecular flexibility index (Phi) is 2.29. The third kappa shape index (κ3) is 1.65. The van der Waals surface area contributed by atoms with Gasteiger partial charge in [0, 0.05) is 16.5 Å². The third-order valence-electron chi connectivity index (χ3n) is 1.99. The predicted octanol–water partition coefficient (Wildman–Crippen LogP) is 1.63. The molecular weight excluding hydrogens is 272 g/mol. The molecule has 0 bridgehead atoms. The van der Waals surface area contributed by atoms with Crippen LogP contribution in [0, 0.1) is 0 Å². The smallest absolute Gasteiger partial charge is 0.298 e. The van der Waals surface area contributed by atoms with Crippen molar-refractivity contribution in [3.63, 3.8) is 0 Å². The summed E-state index contributed by atoms with van der Waals surface area (Å²) in [6.07, 6.45) is 0.664. The van der Waals surface area contributed by atoms with Gasteiger partial charge in [-0.05, 0) is 12.1 Å². The minimum absolute atomic E-state index is 0.167. The summed E-state index contributed by atoms with van der Waals surface area (Å²) in [4.78, 5) is -0.167. The lowest BCUT2D eigenvalue weighted by Crippen LogP contribution is -2.01. The van der Waals surface area contributed by atoms with E-state index >= 15 is 0 Å². The van der Waals surface area contributed by atoms with Gasteiger partial charge in [0.2, 0.25) is 0 Å². The van der Waals surface area contributed by atoms with Crippen LogP contribution in [0.1, 0.15) is 5.56 Å². The Morgan fingerprint density at radius 2 is 2.14 bits per heavy atom. The van der Waals surface area contributed by atoms with Crippen LogP contribution in [0.25, 0.3) is 0 Å². The third-order valence-corrected chi connectivity index (χ3v) is 3.31. The summed E-state index contributed by atoms with van der Waals surface area (Å²) in [5, 5.41) is 0. The molecule has 14 heavy (non-hydrogen) atoms. The quantitative estimate of drug-likeness (QED) is 0.794. The van der Waals surface area contributed by atoms with Crippen LogP contribution in [0.3, 0.4) is 0 Å². The molecule has 0 aromatic heterocycles. The molecule has 1 aromatic carbocycles. The molecule has 0 fully saturated rings. The van der Waals surface area contributed by atoms with E-state index in [0.29, 0.717) is 17.5 Å². The lowest BCUT2D eigenvalue weighted by atomic mass is 10.2. The van der Waals surface area contributed by atoms with E-state index in [1.54, 1.807) is 6.07 Å². The average molecular weight is 279 g/mol. The molecule has 2 rings (SSSR count). The molecule has 0 saturated heterocycles. The molecule has 6 heteroatoms. The molecule has 1 aliphatic heterocycles. The lowest BCUT2D eigenvalue weighted by Gasteiger charge is -2.05. The van der Waals surface area contributed by atoms with Gasteiger partial charge in [0.05, 0.1) is 6.61 Å². The van der Waals surface area contributed by atoms with Crippen molar-refractivity contribution in [3.8, 4) is 5.75 Å². The zero-order chi connectivity index (χ0) is 10.3. The van der Waals surface area contributed by atoms with E-state index in [-0.39, 0.29) is 10.6 Å². The highest BCUT2D eigenvalue weighted by molar-refractivity contribution is 9.10. The van der Waals surface area contributed by atoms with E-state index in [4.69, 9.17) is 9.29 Å². The maximum Gasteiger partial charge on any atom is 0.298 e. The minimum atomic E-state index is -4.21. The summed E-state index contributed by atoms with van der Waals surface area (Å²) >= 11 is 3.18. The van der Waals surface area contributed by atoms with Gasteiger partial charge >= 0.3 is 0 Å². The summed E-state index contributed by atoms with van der Waals surface area (Å²) in [5.74, 6) is 0.274. The first-order valence-corrected chi connectivity index (χ1v) is 6.14. The molecule has 0 aliphatic carbocycles. The van der Waals surface area contributed by atoms with Crippen molar-refractivity contribution in [1.29, 1.82) is 0 Å². The van der Waals surface area contributed by atoms with Crippen molar-refractivity contribution in [2.45, 2.75) is 11.3 Å². The fraction of sp³-hybridized carbons (Fsp3) is 0.250. The van der Waals surface area contributed by atoms with E-state index in [9.17, 15) is 8.42 Å². The summed E-state index contributed by atoms with van der Waals surface area (Å²) in [6, 6.07) is 3.12. The average Bonchev–Trinajstić information content (AvgIpc) is 2.47. The maximum absolute atomic E-state index is 11.0. The van der Waals surface area contributed by atoms with E-state index in [1.807, 2.05) is 0 Å². The second-order valence-electron chi connectivity index (χ2n) is 2.97. The Morgan fingerprint density at radius 1 is 1.43 bits per heavy atom. The normalized spacial score (nSPS) is 15.0. The van der Waals surface area contributed by atoms with Crippen LogP contribution in [-0.2, 0) is 16.5 Å². The highest BCUT2D eigenvalue weighted by Crippen LogP contribution is 2.35. The van der Waals surface area contributed by atoms with Crippen LogP contribution >= 0.6 is 15.9 Å². The zero-order valence-electron chi connectivity index (χ0n) is 7.03. The van der Waals surface area contributed by atoms with Gasteiger partial charge in [0.25, 0.3) is 10.1 Å². The summed E-state index contributed by atoms with van der Waals surface area (Å²) < 4.78 is 36.7. The molecule has 1 aromatic rings. The zero-order valence-corrected chi connectivity index (χ0v) is 9.43. The van der Waals surface area contributed by atoms with Gasteiger partial charge in [0.1, 0.15) is 10.6 Å². The van der Waals surface area contributed by atoms with Crippen molar-refractivity contribution in [2.75, 3.05) is 6.61 Å². The predicted molar refractivity (Wildman–Crippen MR) is 53.2 cm³/mol. The van der Waals surface area contributed by atoms with Gasteiger partial charge in [0.15, 0.2) is 0 Å². The summed E-state index contributed by atoms with van der Waals surface area (Å²) in [7, 11) is -4.21. The van der Waals surface area contributed by atoms with Crippen molar-refractivity contribution < 1.29 is 17.7 Å². The second-order valence-corrected chi connectivity index (χ2v) is 5.27. The Balaban J connectivity index is 2.72. The second kappa shape index (κ2) is 3.22. The molecule has 1 N–H and O–H groups in total. The number of ether oxygens (including phenoxy) is 1. The molecule has 0 atom stereocenters. The highest BCUT2D eigenvalue weighted by atomic mass is 79.9. The molecule has 1 aliphatic rings. The first kappa shape index (κ1) is 9.95. The molecule has 0 spiro atoms. The van der Waals surface area contributed by atoms with Gasteiger partial charge in [-0.3, -0.25) is 4.55 Å². The van der Waals surface area contributed by atoms with E-state index in [0.717, 1.165) is 5.56 Å².